The van der Waals surface area contributed by atoms with E-state index >= 15 is 0 Å². The Labute approximate surface area is 287 Å². The molecule has 1 saturated carbocycles. The van der Waals surface area contributed by atoms with Crippen molar-refractivity contribution in [1.82, 2.24) is 15.1 Å². The number of likely N-dealkylation sites (tertiary alicyclic amines) is 1. The van der Waals surface area contributed by atoms with Gasteiger partial charge in [0.1, 0.15) is 17.2 Å². The molecular formula is C39H47N3O7. The molecule has 260 valence electrons. The van der Waals surface area contributed by atoms with E-state index in [-0.39, 0.29) is 49.6 Å². The lowest BCUT2D eigenvalue weighted by atomic mass is 9.92. The third-order valence-electron chi connectivity index (χ3n) is 10.5. The number of allylic oxidation sites excluding steroid dienone is 1. The number of amides is 3. The second-order valence-corrected chi connectivity index (χ2v) is 15.1. The lowest BCUT2D eigenvalue weighted by molar-refractivity contribution is -0.159. The highest BCUT2D eigenvalue weighted by molar-refractivity contribution is 6.01. The Bertz CT molecular complexity index is 1630. The number of nitrogens with one attached hydrogen (secondary N) is 1. The number of esters is 1. The van der Waals surface area contributed by atoms with Crippen molar-refractivity contribution in [3.8, 4) is 11.1 Å². The van der Waals surface area contributed by atoms with Crippen molar-refractivity contribution in [3.63, 3.8) is 0 Å². The molecule has 0 radical (unpaired) electrons. The smallest absolute Gasteiger partial charge is 0.330 e. The van der Waals surface area contributed by atoms with Crippen LogP contribution in [-0.2, 0) is 23.9 Å². The van der Waals surface area contributed by atoms with Gasteiger partial charge in [0.15, 0.2) is 0 Å². The predicted octanol–water partition coefficient (Wildman–Crippen LogP) is 5.08. The number of aliphatic carboxylic acids is 1. The molecule has 6 atom stereocenters. The van der Waals surface area contributed by atoms with Gasteiger partial charge in [0, 0.05) is 48.9 Å². The first-order valence-corrected chi connectivity index (χ1v) is 17.6. The van der Waals surface area contributed by atoms with Gasteiger partial charge in [0.05, 0.1) is 6.42 Å². The van der Waals surface area contributed by atoms with E-state index in [1.54, 1.807) is 30.6 Å². The normalized spacial score (nSPS) is 29.4. The highest BCUT2D eigenvalue weighted by atomic mass is 16.6. The molecule has 1 aliphatic carbocycles. The molecular weight excluding hydrogens is 622 g/mol. The summed E-state index contributed by atoms with van der Waals surface area (Å²) < 4.78 is 5.60. The minimum atomic E-state index is -1.43. The molecule has 0 unspecified atom stereocenters. The lowest BCUT2D eigenvalue weighted by Crippen LogP contribution is -2.56. The van der Waals surface area contributed by atoms with Gasteiger partial charge in [-0.3, -0.25) is 19.2 Å². The monoisotopic (exact) mass is 669 g/mol. The molecule has 3 aliphatic heterocycles. The van der Waals surface area contributed by atoms with Crippen LogP contribution in [0.15, 0.2) is 66.7 Å². The van der Waals surface area contributed by atoms with Crippen LogP contribution in [-0.4, -0.2) is 81.4 Å². The summed E-state index contributed by atoms with van der Waals surface area (Å²) in [7, 11) is 0. The largest absolute Gasteiger partial charge is 0.479 e. The third kappa shape index (κ3) is 7.28. The van der Waals surface area contributed by atoms with Gasteiger partial charge in [-0.1, -0.05) is 73.5 Å². The van der Waals surface area contributed by atoms with Gasteiger partial charge in [-0.25, -0.2) is 4.79 Å². The Kier molecular flexibility index (Phi) is 9.69. The van der Waals surface area contributed by atoms with Crippen molar-refractivity contribution in [3.05, 3.63) is 72.3 Å². The first-order valence-electron chi connectivity index (χ1n) is 17.6. The highest BCUT2D eigenvalue weighted by Gasteiger charge is 2.62. The fourth-order valence-electron chi connectivity index (χ4n) is 7.96. The van der Waals surface area contributed by atoms with Crippen LogP contribution in [0.4, 0.5) is 0 Å². The molecule has 3 heterocycles. The molecule has 10 heteroatoms. The van der Waals surface area contributed by atoms with Crippen molar-refractivity contribution < 1.29 is 33.8 Å². The molecule has 2 aromatic carbocycles. The number of ether oxygens (including phenoxy) is 1. The second kappa shape index (κ2) is 13.8. The topological polar surface area (TPSA) is 133 Å². The standard InChI is InChI=1S/C39H47N3O7/c1-38(2,3)49-32(43)20-26-16-8-5-4-6-11-17-28-21-39(28,37(47)48)40-34(44)33-31-24-41(22-27(31)23-42(33)35(26)45)36(46)30-19-13-12-18-29(30)25-14-9-7-10-15-25/h7,9-15,17-19,26-28,31,33H,4-6,8,16,20-24H2,1-3H3,(H,40,44)(H,47,48)/b17-11-/t26-,27-,28+,31-,33-,39+/m0/s1. The van der Waals surface area contributed by atoms with Crippen LogP contribution >= 0.6 is 0 Å². The van der Waals surface area contributed by atoms with Crippen LogP contribution < -0.4 is 5.32 Å². The second-order valence-electron chi connectivity index (χ2n) is 15.1. The number of hydrogen-bond acceptors (Lipinski definition) is 6. The van der Waals surface area contributed by atoms with Crippen molar-refractivity contribution in [2.45, 2.75) is 82.9 Å². The lowest BCUT2D eigenvalue weighted by Gasteiger charge is -2.32. The average molecular weight is 670 g/mol. The van der Waals surface area contributed by atoms with Crippen molar-refractivity contribution in [1.29, 1.82) is 0 Å². The molecule has 49 heavy (non-hydrogen) atoms. The van der Waals surface area contributed by atoms with Crippen LogP contribution in [0.2, 0.25) is 0 Å². The number of hydrogen-bond donors (Lipinski definition) is 2. The first kappa shape index (κ1) is 34.4. The summed E-state index contributed by atoms with van der Waals surface area (Å²) in [6.07, 6.45) is 7.75. The summed E-state index contributed by atoms with van der Waals surface area (Å²) in [5, 5.41) is 13.1. The van der Waals surface area contributed by atoms with Gasteiger partial charge in [-0.05, 0) is 63.6 Å². The number of carboxylic acid groups (broad SMARTS) is 1. The maximum Gasteiger partial charge on any atom is 0.330 e. The average Bonchev–Trinajstić information content (AvgIpc) is 3.41. The van der Waals surface area contributed by atoms with Crippen molar-refractivity contribution >= 4 is 29.7 Å². The minimum Gasteiger partial charge on any atom is -0.479 e. The van der Waals surface area contributed by atoms with Crippen molar-refractivity contribution in [2.75, 3.05) is 19.6 Å². The molecule has 6 rings (SSSR count). The number of benzene rings is 2. The van der Waals surface area contributed by atoms with E-state index < -0.39 is 46.9 Å². The summed E-state index contributed by atoms with van der Waals surface area (Å²) in [5.74, 6) is -4.14. The molecule has 10 nitrogen and oxygen atoms in total. The fourth-order valence-corrected chi connectivity index (χ4v) is 7.96. The van der Waals surface area contributed by atoms with E-state index in [0.717, 1.165) is 36.8 Å². The summed E-state index contributed by atoms with van der Waals surface area (Å²) >= 11 is 0. The molecule has 0 aromatic heterocycles. The molecule has 3 amide bonds. The highest BCUT2D eigenvalue weighted by Crippen LogP contribution is 2.46. The van der Waals surface area contributed by atoms with Gasteiger partial charge in [0.25, 0.3) is 5.91 Å². The summed E-state index contributed by atoms with van der Waals surface area (Å²) in [6, 6.07) is 16.2. The molecule has 4 aliphatic rings. The van der Waals surface area contributed by atoms with Crippen LogP contribution in [0, 0.1) is 23.7 Å². The maximum absolute atomic E-state index is 14.4. The van der Waals surface area contributed by atoms with E-state index in [4.69, 9.17) is 4.74 Å². The number of nitrogens with zero attached hydrogens (tertiary/aromatic N) is 2. The maximum atomic E-state index is 14.4. The van der Waals surface area contributed by atoms with E-state index in [9.17, 15) is 29.1 Å². The number of carboxylic acids is 1. The minimum absolute atomic E-state index is 0.0990. The van der Waals surface area contributed by atoms with E-state index in [1.165, 1.54) is 0 Å². The SMILES string of the molecule is CC(C)(C)OC(=O)C[C@@H]1CCCCC/C=C\[C@@H]2C[C@@]2(C(=O)O)NC(=O)[C@@H]2[C@H]3CN(C(=O)c4ccccc4-c4ccccc4)C[C@H]3CN2C1=O. The Hall–Kier alpha value is -4.47. The quantitative estimate of drug-likeness (QED) is 0.335. The molecule has 2 N–H and O–H groups in total. The fraction of sp³-hybridized carbons (Fsp3) is 0.513. The zero-order valence-electron chi connectivity index (χ0n) is 28.6. The molecule has 0 bridgehead atoms. The Balaban J connectivity index is 1.29. The van der Waals surface area contributed by atoms with E-state index in [0.29, 0.717) is 18.5 Å². The Morgan fingerprint density at radius 1 is 0.959 bits per heavy atom. The Morgan fingerprint density at radius 3 is 2.43 bits per heavy atom. The van der Waals surface area contributed by atoms with E-state index in [1.807, 2.05) is 66.7 Å². The van der Waals surface area contributed by atoms with Crippen LogP contribution in [0.5, 0.6) is 0 Å². The molecule has 2 saturated heterocycles. The van der Waals surface area contributed by atoms with Crippen LogP contribution in [0.25, 0.3) is 11.1 Å². The van der Waals surface area contributed by atoms with Gasteiger partial charge >= 0.3 is 11.9 Å². The van der Waals surface area contributed by atoms with Gasteiger partial charge in [-0.15, -0.1) is 0 Å². The van der Waals surface area contributed by atoms with Crippen LogP contribution in [0.1, 0.15) is 76.1 Å². The number of rotatable bonds is 5. The number of fused-ring (bicyclic) bond motifs is 4. The van der Waals surface area contributed by atoms with Crippen molar-refractivity contribution in [2.24, 2.45) is 23.7 Å². The Morgan fingerprint density at radius 2 is 1.69 bits per heavy atom. The zero-order chi connectivity index (χ0) is 34.9. The summed E-state index contributed by atoms with van der Waals surface area (Å²) in [6.45, 7) is 6.19. The van der Waals surface area contributed by atoms with Gasteiger partial charge < -0.3 is 25.0 Å². The molecule has 2 aromatic rings. The first-order chi connectivity index (χ1) is 23.4. The number of carbonyl (C=O) groups excluding carboxylic acids is 4. The summed E-state index contributed by atoms with van der Waals surface area (Å²) in [5.41, 5.74) is 0.157. The zero-order valence-corrected chi connectivity index (χ0v) is 28.6. The van der Waals surface area contributed by atoms with Gasteiger partial charge in [-0.2, -0.15) is 0 Å². The van der Waals surface area contributed by atoms with Gasteiger partial charge in [0.2, 0.25) is 11.8 Å². The third-order valence-corrected chi connectivity index (χ3v) is 10.5. The summed E-state index contributed by atoms with van der Waals surface area (Å²) in [4.78, 5) is 71.7. The molecule has 3 fully saturated rings. The van der Waals surface area contributed by atoms with E-state index in [2.05, 4.69) is 5.32 Å². The molecule has 0 spiro atoms. The van der Waals surface area contributed by atoms with Crippen LogP contribution in [0.3, 0.4) is 0 Å². The predicted molar refractivity (Wildman–Crippen MR) is 183 cm³/mol. The number of carbonyl (C=O) groups is 5.